The molecular formula is C17H28N8O6. The molecule has 0 spiro atoms. The summed E-state index contributed by atoms with van der Waals surface area (Å²) in [5.41, 5.74) is 15.9. The first-order chi connectivity index (χ1) is 14.5. The van der Waals surface area contributed by atoms with Gasteiger partial charge in [-0.2, -0.15) is 4.98 Å². The highest BCUT2D eigenvalue weighted by atomic mass is 16.5. The number of guanidine groups is 1. The molecule has 0 aliphatic carbocycles. The third kappa shape index (κ3) is 6.37. The van der Waals surface area contributed by atoms with Crippen LogP contribution in [0.4, 0.5) is 5.82 Å². The van der Waals surface area contributed by atoms with Crippen LogP contribution in [0.1, 0.15) is 25.5 Å². The van der Waals surface area contributed by atoms with Crippen molar-refractivity contribution < 1.29 is 24.5 Å². The van der Waals surface area contributed by atoms with Crippen LogP contribution in [0.3, 0.4) is 0 Å². The Labute approximate surface area is 177 Å². The molecule has 5 atom stereocenters. The molecule has 0 radical (unpaired) electrons. The van der Waals surface area contributed by atoms with Crippen molar-refractivity contribution in [3.05, 3.63) is 22.7 Å². The fraction of sp³-hybridized carbons (Fsp3) is 0.588. The molecular weight excluding hydrogens is 412 g/mol. The van der Waals surface area contributed by atoms with Gasteiger partial charge in [0.05, 0.1) is 6.04 Å². The Morgan fingerprint density at radius 3 is 2.77 bits per heavy atom. The number of hydrogen-bond donors (Lipinski definition) is 7. The van der Waals surface area contributed by atoms with Crippen molar-refractivity contribution in [2.45, 2.75) is 49.8 Å². The predicted molar refractivity (Wildman–Crippen MR) is 109 cm³/mol. The second kappa shape index (κ2) is 10.2. The quantitative estimate of drug-likeness (QED) is 0.158. The van der Waals surface area contributed by atoms with Gasteiger partial charge in [0, 0.05) is 38.7 Å². The number of anilines is 1. The first-order valence-corrected chi connectivity index (χ1v) is 9.50. The highest BCUT2D eigenvalue weighted by Crippen LogP contribution is 2.27. The molecule has 1 unspecified atom stereocenters. The highest BCUT2D eigenvalue weighted by molar-refractivity contribution is 5.79. The Hall–Kier alpha value is -3.23. The summed E-state index contributed by atoms with van der Waals surface area (Å²) < 4.78 is 6.37. The number of nitrogen functional groups attached to an aromatic ring is 1. The van der Waals surface area contributed by atoms with E-state index in [-0.39, 0.29) is 24.6 Å². The van der Waals surface area contributed by atoms with Crippen LogP contribution < -0.4 is 28.2 Å². The minimum absolute atomic E-state index is 0.0303. The van der Waals surface area contributed by atoms with E-state index in [0.29, 0.717) is 13.0 Å². The normalized spacial score (nSPS) is 24.2. The van der Waals surface area contributed by atoms with Crippen molar-refractivity contribution in [2.24, 2.45) is 11.5 Å². The molecule has 2 rings (SSSR count). The number of aliphatic hydroxyl groups excluding tert-OH is 1. The average molecular weight is 440 g/mol. The summed E-state index contributed by atoms with van der Waals surface area (Å²) in [6.07, 6.45) is -2.76. The SMILES string of the molecule is CN(CC[C@@H](N)CC(=O)N[C@@H]1C[C@H](O)C(n2ccc(N)nc2=O)O[C@H]1C(=O)O)C(=N)N. The number of carboxylic acid groups (broad SMARTS) is 1. The number of nitrogens with one attached hydrogen (secondary N) is 2. The van der Waals surface area contributed by atoms with Gasteiger partial charge in [-0.15, -0.1) is 0 Å². The van der Waals surface area contributed by atoms with Crippen LogP contribution in [0.2, 0.25) is 0 Å². The van der Waals surface area contributed by atoms with E-state index in [1.165, 1.54) is 17.2 Å². The lowest BCUT2D eigenvalue weighted by atomic mass is 9.98. The van der Waals surface area contributed by atoms with Crippen molar-refractivity contribution in [1.29, 1.82) is 5.41 Å². The second-order valence-corrected chi connectivity index (χ2v) is 7.36. The number of carbonyl (C=O) groups is 2. The van der Waals surface area contributed by atoms with Gasteiger partial charge in [-0.1, -0.05) is 0 Å². The zero-order valence-corrected chi connectivity index (χ0v) is 17.0. The Morgan fingerprint density at radius 1 is 1.52 bits per heavy atom. The Morgan fingerprint density at radius 2 is 2.19 bits per heavy atom. The summed E-state index contributed by atoms with van der Waals surface area (Å²) in [4.78, 5) is 41.0. The van der Waals surface area contributed by atoms with Gasteiger partial charge in [0.25, 0.3) is 0 Å². The molecule has 0 saturated carbocycles. The standard InChI is InChI=1S/C17H28N8O6/c1-24(16(20)21)4-2-8(18)6-12(27)22-9-7-10(26)14(31-13(9)15(28)29)25-5-3-11(19)23-17(25)30/h3,5,8-10,13-14,26H,2,4,6-7,18H2,1H3,(H3,20,21)(H,22,27)(H,28,29)(H2,19,23,30)/t8-,9-,10+,13-,14?/m1/s1. The van der Waals surface area contributed by atoms with Crippen LogP contribution in [0.15, 0.2) is 17.1 Å². The third-order valence-electron chi connectivity index (χ3n) is 4.89. The lowest BCUT2D eigenvalue weighted by Gasteiger charge is -2.38. The number of ether oxygens (including phenoxy) is 1. The zero-order valence-electron chi connectivity index (χ0n) is 17.0. The predicted octanol–water partition coefficient (Wildman–Crippen LogP) is -3.02. The van der Waals surface area contributed by atoms with E-state index in [4.69, 9.17) is 27.3 Å². The number of nitrogens with two attached hydrogens (primary N) is 3. The lowest BCUT2D eigenvalue weighted by Crippen LogP contribution is -2.57. The third-order valence-corrected chi connectivity index (χ3v) is 4.89. The number of nitrogens with zero attached hydrogens (tertiary/aromatic N) is 3. The van der Waals surface area contributed by atoms with E-state index in [2.05, 4.69) is 10.3 Å². The highest BCUT2D eigenvalue weighted by Gasteiger charge is 2.43. The molecule has 1 amide bonds. The number of amides is 1. The molecule has 1 aliphatic rings. The van der Waals surface area contributed by atoms with Crippen molar-refractivity contribution in [2.75, 3.05) is 19.3 Å². The van der Waals surface area contributed by atoms with Crippen molar-refractivity contribution >= 4 is 23.7 Å². The number of carboxylic acids is 1. The van der Waals surface area contributed by atoms with E-state index < -0.39 is 48.1 Å². The van der Waals surface area contributed by atoms with Gasteiger partial charge in [0.1, 0.15) is 11.9 Å². The average Bonchev–Trinajstić information content (AvgIpc) is 2.66. The number of carbonyl (C=O) groups excluding carboxylic acids is 1. The van der Waals surface area contributed by atoms with Crippen LogP contribution in [-0.4, -0.2) is 80.4 Å². The molecule has 1 aliphatic heterocycles. The van der Waals surface area contributed by atoms with Gasteiger partial charge in [-0.3, -0.25) is 14.8 Å². The first kappa shape index (κ1) is 24.0. The molecule has 1 aromatic rings. The van der Waals surface area contributed by atoms with E-state index >= 15 is 0 Å². The monoisotopic (exact) mass is 440 g/mol. The van der Waals surface area contributed by atoms with Crippen LogP contribution in [0.5, 0.6) is 0 Å². The molecule has 14 heteroatoms. The van der Waals surface area contributed by atoms with Gasteiger partial charge in [-0.05, 0) is 12.5 Å². The summed E-state index contributed by atoms with van der Waals surface area (Å²) >= 11 is 0. The van der Waals surface area contributed by atoms with Crippen molar-refractivity contribution in [1.82, 2.24) is 19.8 Å². The van der Waals surface area contributed by atoms with E-state index in [1.54, 1.807) is 7.05 Å². The van der Waals surface area contributed by atoms with Crippen LogP contribution in [0, 0.1) is 5.41 Å². The van der Waals surface area contributed by atoms with Crippen LogP contribution >= 0.6 is 0 Å². The van der Waals surface area contributed by atoms with E-state index in [0.717, 1.165) is 4.57 Å². The van der Waals surface area contributed by atoms with Gasteiger partial charge >= 0.3 is 11.7 Å². The minimum atomic E-state index is -1.51. The Balaban J connectivity index is 2.01. The summed E-state index contributed by atoms with van der Waals surface area (Å²) in [7, 11) is 1.62. The van der Waals surface area contributed by atoms with Gasteiger partial charge in [0.2, 0.25) is 5.91 Å². The maximum atomic E-state index is 12.3. The minimum Gasteiger partial charge on any atom is -0.479 e. The van der Waals surface area contributed by atoms with Crippen LogP contribution in [-0.2, 0) is 14.3 Å². The topological polar surface area (TPSA) is 236 Å². The molecule has 2 heterocycles. The summed E-state index contributed by atoms with van der Waals surface area (Å²) in [6, 6.07) is -0.279. The number of aliphatic carboxylic acids is 1. The Bertz CT molecular complexity index is 876. The fourth-order valence-electron chi connectivity index (χ4n) is 3.16. The van der Waals surface area contributed by atoms with Gasteiger partial charge < -0.3 is 42.4 Å². The zero-order chi connectivity index (χ0) is 23.3. The molecule has 0 aromatic carbocycles. The maximum Gasteiger partial charge on any atom is 0.351 e. The summed E-state index contributed by atoms with van der Waals surface area (Å²) in [5, 5.41) is 29.8. The Kier molecular flexibility index (Phi) is 7.90. The molecule has 1 saturated heterocycles. The van der Waals surface area contributed by atoms with Crippen molar-refractivity contribution in [3.8, 4) is 0 Å². The summed E-state index contributed by atoms with van der Waals surface area (Å²) in [6.45, 7) is 0.374. The number of rotatable bonds is 8. The number of aromatic nitrogens is 2. The van der Waals surface area contributed by atoms with E-state index in [1.807, 2.05) is 0 Å². The maximum absolute atomic E-state index is 12.3. The van der Waals surface area contributed by atoms with Gasteiger partial charge in [-0.25, -0.2) is 9.59 Å². The molecule has 0 bridgehead atoms. The first-order valence-electron chi connectivity index (χ1n) is 9.50. The molecule has 172 valence electrons. The number of aliphatic hydroxyl groups is 1. The molecule has 10 N–H and O–H groups in total. The lowest BCUT2D eigenvalue weighted by molar-refractivity contribution is -0.191. The summed E-state index contributed by atoms with van der Waals surface area (Å²) in [5.74, 6) is -2.04. The van der Waals surface area contributed by atoms with E-state index in [9.17, 15) is 24.6 Å². The van der Waals surface area contributed by atoms with Crippen molar-refractivity contribution in [3.63, 3.8) is 0 Å². The van der Waals surface area contributed by atoms with Gasteiger partial charge in [0.15, 0.2) is 18.3 Å². The largest absolute Gasteiger partial charge is 0.479 e. The number of hydrogen-bond acceptors (Lipinski definition) is 9. The molecule has 14 nitrogen and oxygen atoms in total. The fourth-order valence-corrected chi connectivity index (χ4v) is 3.16. The smallest absolute Gasteiger partial charge is 0.351 e. The second-order valence-electron chi connectivity index (χ2n) is 7.36. The molecule has 1 aromatic heterocycles. The van der Waals surface area contributed by atoms with Crippen LogP contribution in [0.25, 0.3) is 0 Å². The molecule has 31 heavy (non-hydrogen) atoms. The molecule has 1 fully saturated rings.